The van der Waals surface area contributed by atoms with Gasteiger partial charge in [0.2, 0.25) is 10.0 Å². The number of carbonyl (C=O) groups is 1. The number of hydrogen-bond donors (Lipinski definition) is 2. The lowest BCUT2D eigenvalue weighted by atomic mass is 10.1. The van der Waals surface area contributed by atoms with E-state index < -0.39 is 10.0 Å². The van der Waals surface area contributed by atoms with Gasteiger partial charge < -0.3 is 15.4 Å². The smallest absolute Gasteiger partial charge is 0.253 e. The van der Waals surface area contributed by atoms with Crippen molar-refractivity contribution in [2.75, 3.05) is 20.2 Å². The molecule has 0 spiro atoms. The number of benzene rings is 1. The maximum Gasteiger partial charge on any atom is 0.253 e. The second-order valence-electron chi connectivity index (χ2n) is 6.30. The second-order valence-corrected chi connectivity index (χ2v) is 7.98. The van der Waals surface area contributed by atoms with Crippen molar-refractivity contribution in [1.82, 2.24) is 9.62 Å². The van der Waals surface area contributed by atoms with Crippen molar-refractivity contribution >= 4 is 28.3 Å². The molecule has 1 atom stereocenters. The Kier molecular flexibility index (Phi) is 7.67. The number of sulfonamides is 1. The number of piperidine rings is 1. The number of carbonyl (C=O) groups excluding carboxylic acids is 1. The number of rotatable bonds is 5. The van der Waals surface area contributed by atoms with Crippen LogP contribution in [0.25, 0.3) is 0 Å². The van der Waals surface area contributed by atoms with Gasteiger partial charge in [0.25, 0.3) is 5.91 Å². The molecule has 9 heteroatoms. The molecule has 0 saturated carbocycles. The fourth-order valence-corrected chi connectivity index (χ4v) is 4.22. The summed E-state index contributed by atoms with van der Waals surface area (Å²) in [4.78, 5) is 14.3. The van der Waals surface area contributed by atoms with Crippen LogP contribution < -0.4 is 15.2 Å². The maximum atomic E-state index is 12.7. The van der Waals surface area contributed by atoms with Crippen LogP contribution in [-0.2, 0) is 10.0 Å². The number of amides is 1. The monoisotopic (exact) mass is 391 g/mol. The van der Waals surface area contributed by atoms with Gasteiger partial charge in [-0.2, -0.15) is 0 Å². The Balaban J connectivity index is 0.00000312. The first-order valence-electron chi connectivity index (χ1n) is 8.00. The zero-order valence-electron chi connectivity index (χ0n) is 14.7. The van der Waals surface area contributed by atoms with Gasteiger partial charge in [-0.25, -0.2) is 13.1 Å². The first-order valence-corrected chi connectivity index (χ1v) is 9.48. The van der Waals surface area contributed by atoms with Crippen molar-refractivity contribution in [3.8, 4) is 5.75 Å². The molecule has 1 aliphatic rings. The van der Waals surface area contributed by atoms with Gasteiger partial charge in [-0.3, -0.25) is 4.79 Å². The fourth-order valence-electron chi connectivity index (χ4n) is 2.77. The van der Waals surface area contributed by atoms with Crippen LogP contribution in [0.1, 0.15) is 37.0 Å². The van der Waals surface area contributed by atoms with Gasteiger partial charge in [-0.15, -0.1) is 12.4 Å². The molecule has 1 fully saturated rings. The second kappa shape index (κ2) is 8.84. The molecule has 7 nitrogen and oxygen atoms in total. The van der Waals surface area contributed by atoms with Crippen molar-refractivity contribution in [1.29, 1.82) is 0 Å². The van der Waals surface area contributed by atoms with E-state index in [9.17, 15) is 13.2 Å². The number of ether oxygens (including phenoxy) is 1. The third-order valence-electron chi connectivity index (χ3n) is 3.84. The van der Waals surface area contributed by atoms with Crippen molar-refractivity contribution in [2.45, 2.75) is 43.7 Å². The lowest BCUT2D eigenvalue weighted by molar-refractivity contribution is 0.0708. The van der Waals surface area contributed by atoms with E-state index in [1.54, 1.807) is 24.8 Å². The normalized spacial score (nSPS) is 18.0. The zero-order valence-corrected chi connectivity index (χ0v) is 16.3. The van der Waals surface area contributed by atoms with Gasteiger partial charge in [-0.05, 0) is 44.9 Å². The predicted octanol–water partition coefficient (Wildman–Crippen LogP) is 1.37. The molecule has 0 aromatic heterocycles. The van der Waals surface area contributed by atoms with Gasteiger partial charge >= 0.3 is 0 Å². The Morgan fingerprint density at radius 3 is 2.64 bits per heavy atom. The number of nitrogens with zero attached hydrogens (tertiary/aromatic N) is 1. The Bertz CT molecular complexity index is 709. The average Bonchev–Trinajstić information content (AvgIpc) is 2.52. The highest BCUT2D eigenvalue weighted by atomic mass is 35.5. The van der Waals surface area contributed by atoms with Gasteiger partial charge in [0.05, 0.1) is 7.11 Å². The molecule has 1 saturated heterocycles. The predicted molar refractivity (Wildman–Crippen MR) is 98.8 cm³/mol. The highest BCUT2D eigenvalue weighted by Crippen LogP contribution is 2.26. The van der Waals surface area contributed by atoms with E-state index >= 15 is 0 Å². The standard InChI is InChI=1S/C16H25N3O4S.ClH/c1-11(2)18-24(21,22)15-9-12(6-7-14(15)23-3)16(20)19-8-4-5-13(17)10-19;/h6-7,9,11,13,18H,4-5,8,10,17H2,1-3H3;1H. The quantitative estimate of drug-likeness (QED) is 0.789. The summed E-state index contributed by atoms with van der Waals surface area (Å²) >= 11 is 0. The molecule has 0 bridgehead atoms. The number of likely N-dealkylation sites (tertiary alicyclic amines) is 1. The van der Waals surface area contributed by atoms with Crippen LogP contribution >= 0.6 is 12.4 Å². The van der Waals surface area contributed by atoms with Crippen molar-refractivity contribution in [3.05, 3.63) is 23.8 Å². The first-order chi connectivity index (χ1) is 11.2. The third-order valence-corrected chi connectivity index (χ3v) is 5.52. The molecule has 1 aromatic carbocycles. The number of hydrogen-bond acceptors (Lipinski definition) is 5. The van der Waals surface area contributed by atoms with E-state index in [4.69, 9.17) is 10.5 Å². The average molecular weight is 392 g/mol. The van der Waals surface area contributed by atoms with E-state index in [2.05, 4.69) is 4.72 Å². The summed E-state index contributed by atoms with van der Waals surface area (Å²) in [6.07, 6.45) is 1.74. The Labute approximate surface area is 155 Å². The lowest BCUT2D eigenvalue weighted by Crippen LogP contribution is -2.45. The zero-order chi connectivity index (χ0) is 17.9. The van der Waals surface area contributed by atoms with Gasteiger partial charge in [0, 0.05) is 30.7 Å². The molecule has 1 unspecified atom stereocenters. The summed E-state index contributed by atoms with van der Waals surface area (Å²) in [7, 11) is -2.37. The van der Waals surface area contributed by atoms with Gasteiger partial charge in [0.15, 0.2) is 0 Å². The maximum absolute atomic E-state index is 12.7. The Morgan fingerprint density at radius 2 is 2.08 bits per heavy atom. The molecule has 0 aliphatic carbocycles. The fraction of sp³-hybridized carbons (Fsp3) is 0.562. The number of methoxy groups -OCH3 is 1. The van der Waals surface area contributed by atoms with Crippen LogP contribution in [0.4, 0.5) is 0 Å². The first kappa shape index (κ1) is 21.7. The van der Waals surface area contributed by atoms with Crippen molar-refractivity contribution in [2.24, 2.45) is 5.73 Å². The summed E-state index contributed by atoms with van der Waals surface area (Å²) in [5.41, 5.74) is 6.23. The molecule has 2 rings (SSSR count). The SMILES string of the molecule is COc1ccc(C(=O)N2CCCC(N)C2)cc1S(=O)(=O)NC(C)C.Cl. The Morgan fingerprint density at radius 1 is 1.40 bits per heavy atom. The summed E-state index contributed by atoms with van der Waals surface area (Å²) in [5, 5.41) is 0. The molecule has 3 N–H and O–H groups in total. The summed E-state index contributed by atoms with van der Waals surface area (Å²) in [5.74, 6) is -0.0103. The van der Waals surface area contributed by atoms with E-state index in [0.29, 0.717) is 18.7 Å². The van der Waals surface area contributed by atoms with E-state index in [-0.39, 0.29) is 41.0 Å². The van der Waals surface area contributed by atoms with Crippen LogP contribution in [0, 0.1) is 0 Å². The molecule has 0 radical (unpaired) electrons. The third kappa shape index (κ3) is 5.31. The molecule has 1 aromatic rings. The van der Waals surface area contributed by atoms with Crippen LogP contribution in [0.3, 0.4) is 0 Å². The number of halogens is 1. The van der Waals surface area contributed by atoms with Crippen LogP contribution in [-0.4, -0.2) is 51.5 Å². The molecular formula is C16H26ClN3O4S. The minimum absolute atomic E-state index is 0. The van der Waals surface area contributed by atoms with E-state index in [1.807, 2.05) is 0 Å². The lowest BCUT2D eigenvalue weighted by Gasteiger charge is -2.31. The highest BCUT2D eigenvalue weighted by Gasteiger charge is 2.26. The van der Waals surface area contributed by atoms with Crippen LogP contribution in [0.2, 0.25) is 0 Å². The molecule has 1 heterocycles. The number of nitrogens with two attached hydrogens (primary N) is 1. The van der Waals surface area contributed by atoms with Crippen molar-refractivity contribution in [3.63, 3.8) is 0 Å². The largest absolute Gasteiger partial charge is 0.495 e. The molecule has 1 amide bonds. The molecule has 25 heavy (non-hydrogen) atoms. The highest BCUT2D eigenvalue weighted by molar-refractivity contribution is 7.89. The van der Waals surface area contributed by atoms with Gasteiger partial charge in [0.1, 0.15) is 10.6 Å². The number of nitrogens with one attached hydrogen (secondary N) is 1. The molecular weight excluding hydrogens is 366 g/mol. The van der Waals surface area contributed by atoms with E-state index in [0.717, 1.165) is 12.8 Å². The molecule has 1 aliphatic heterocycles. The van der Waals surface area contributed by atoms with Crippen LogP contribution in [0.5, 0.6) is 5.75 Å². The van der Waals surface area contributed by atoms with Gasteiger partial charge in [-0.1, -0.05) is 0 Å². The summed E-state index contributed by atoms with van der Waals surface area (Å²) in [6.45, 7) is 4.57. The Hall–Kier alpha value is -1.35. The minimum Gasteiger partial charge on any atom is -0.495 e. The van der Waals surface area contributed by atoms with Crippen molar-refractivity contribution < 1.29 is 17.9 Å². The van der Waals surface area contributed by atoms with Crippen LogP contribution in [0.15, 0.2) is 23.1 Å². The molecule has 142 valence electrons. The summed E-state index contributed by atoms with van der Waals surface area (Å²) in [6, 6.07) is 4.15. The van der Waals surface area contributed by atoms with E-state index in [1.165, 1.54) is 19.2 Å². The topological polar surface area (TPSA) is 102 Å². The summed E-state index contributed by atoms with van der Waals surface area (Å²) < 4.78 is 32.6. The minimum atomic E-state index is -3.77.